The summed E-state index contributed by atoms with van der Waals surface area (Å²) >= 11 is 1.53. The number of nitrogens with one attached hydrogen (secondary N) is 2. The number of rotatable bonds is 10. The van der Waals surface area contributed by atoms with Gasteiger partial charge in [0.25, 0.3) is 0 Å². The van der Waals surface area contributed by atoms with Crippen molar-refractivity contribution in [3.05, 3.63) is 54.1 Å². The number of hydrogen-bond donors (Lipinski definition) is 2. The summed E-state index contributed by atoms with van der Waals surface area (Å²) < 4.78 is 33.0. The van der Waals surface area contributed by atoms with E-state index in [2.05, 4.69) is 10.0 Å². The first-order valence-electron chi connectivity index (χ1n) is 10.1. The number of aryl methyl sites for hydroxylation is 1. The fourth-order valence-corrected chi connectivity index (χ4v) is 4.48. The molecule has 0 aliphatic carbocycles. The van der Waals surface area contributed by atoms with Crippen LogP contribution in [-0.2, 0) is 19.6 Å². The zero-order valence-electron chi connectivity index (χ0n) is 18.6. The molecule has 0 aromatic heterocycles. The highest BCUT2D eigenvalue weighted by Gasteiger charge is 2.25. The molecular formula is C22H29N3O5S2. The number of sulfonamides is 1. The Bertz CT molecular complexity index is 1010. The first-order chi connectivity index (χ1) is 15.2. The molecule has 1 unspecified atom stereocenters. The van der Waals surface area contributed by atoms with Crippen molar-refractivity contribution < 1.29 is 22.7 Å². The molecule has 2 amide bonds. The van der Waals surface area contributed by atoms with Crippen LogP contribution in [0.5, 0.6) is 0 Å². The molecule has 2 aromatic rings. The van der Waals surface area contributed by atoms with E-state index in [-0.39, 0.29) is 11.5 Å². The molecule has 0 saturated heterocycles. The van der Waals surface area contributed by atoms with Crippen LogP contribution >= 0.6 is 11.8 Å². The van der Waals surface area contributed by atoms with Gasteiger partial charge in [0, 0.05) is 18.4 Å². The first-order valence-corrected chi connectivity index (χ1v) is 12.9. The van der Waals surface area contributed by atoms with Crippen molar-refractivity contribution >= 4 is 45.2 Å². The molecule has 10 heteroatoms. The van der Waals surface area contributed by atoms with Gasteiger partial charge in [-0.15, -0.1) is 0 Å². The third-order valence-corrected chi connectivity index (χ3v) is 6.75. The number of benzene rings is 2. The maximum atomic E-state index is 12.9. The van der Waals surface area contributed by atoms with Crippen LogP contribution in [0.1, 0.15) is 18.9 Å². The molecule has 1 atom stereocenters. The monoisotopic (exact) mass is 479 g/mol. The average molecular weight is 480 g/mol. The molecule has 0 spiro atoms. The van der Waals surface area contributed by atoms with Crippen molar-refractivity contribution in [2.75, 3.05) is 35.9 Å². The standard InChI is InChI=1S/C22H29N3O5S2/c1-5-30-22(27)25(3)18-10-8-17(9-11-18)23-21(26)20(14-15-31-4)24-32(28,29)19-12-6-16(2)7-13-19/h6-13,20,24H,5,14-15H2,1-4H3,(H,23,26). The van der Waals surface area contributed by atoms with Crippen molar-refractivity contribution in [3.8, 4) is 0 Å². The summed E-state index contributed by atoms with van der Waals surface area (Å²) in [5.41, 5.74) is 2.03. The Hall–Kier alpha value is -2.56. The number of anilines is 2. The lowest BCUT2D eigenvalue weighted by atomic mass is 10.2. The smallest absolute Gasteiger partial charge is 0.413 e. The molecular weight excluding hydrogens is 450 g/mol. The lowest BCUT2D eigenvalue weighted by Gasteiger charge is -2.19. The number of thioether (sulfide) groups is 1. The number of ether oxygens (including phenoxy) is 1. The normalized spacial score (nSPS) is 12.1. The molecule has 0 heterocycles. The van der Waals surface area contributed by atoms with Gasteiger partial charge >= 0.3 is 6.09 Å². The number of amides is 2. The molecule has 2 rings (SSSR count). The van der Waals surface area contributed by atoms with Gasteiger partial charge < -0.3 is 10.1 Å². The van der Waals surface area contributed by atoms with Crippen molar-refractivity contribution in [3.63, 3.8) is 0 Å². The molecule has 0 fully saturated rings. The van der Waals surface area contributed by atoms with E-state index in [0.717, 1.165) is 5.56 Å². The second kappa shape index (κ2) is 11.9. The van der Waals surface area contributed by atoms with E-state index in [1.165, 1.54) is 28.8 Å². The average Bonchev–Trinajstić information content (AvgIpc) is 2.77. The van der Waals surface area contributed by atoms with Gasteiger partial charge in [-0.25, -0.2) is 13.2 Å². The molecule has 2 aromatic carbocycles. The van der Waals surface area contributed by atoms with Gasteiger partial charge in [-0.05, 0) is 68.7 Å². The van der Waals surface area contributed by atoms with Crippen LogP contribution in [0.4, 0.5) is 16.2 Å². The van der Waals surface area contributed by atoms with Crippen LogP contribution in [0.3, 0.4) is 0 Å². The predicted octanol–water partition coefficient (Wildman–Crippen LogP) is 3.63. The van der Waals surface area contributed by atoms with Crippen molar-refractivity contribution in [1.29, 1.82) is 0 Å². The van der Waals surface area contributed by atoms with E-state index < -0.39 is 28.1 Å². The molecule has 0 aliphatic rings. The van der Waals surface area contributed by atoms with E-state index in [4.69, 9.17) is 4.74 Å². The maximum Gasteiger partial charge on any atom is 0.413 e. The Balaban J connectivity index is 2.12. The number of carbonyl (C=O) groups excluding carboxylic acids is 2. The van der Waals surface area contributed by atoms with Crippen LogP contribution in [-0.4, -0.2) is 52.1 Å². The number of hydrogen-bond acceptors (Lipinski definition) is 6. The summed E-state index contributed by atoms with van der Waals surface area (Å²) in [6, 6.07) is 12.1. The van der Waals surface area contributed by atoms with Gasteiger partial charge in [-0.3, -0.25) is 9.69 Å². The Labute approximate surface area is 193 Å². The lowest BCUT2D eigenvalue weighted by Crippen LogP contribution is -2.44. The summed E-state index contributed by atoms with van der Waals surface area (Å²) in [6.07, 6.45) is 1.75. The highest BCUT2D eigenvalue weighted by molar-refractivity contribution is 7.98. The minimum absolute atomic E-state index is 0.108. The quantitative estimate of drug-likeness (QED) is 0.539. The Morgan fingerprint density at radius 2 is 1.72 bits per heavy atom. The lowest BCUT2D eigenvalue weighted by molar-refractivity contribution is -0.117. The third kappa shape index (κ3) is 7.25. The minimum Gasteiger partial charge on any atom is -0.449 e. The fourth-order valence-electron chi connectivity index (χ4n) is 2.78. The summed E-state index contributed by atoms with van der Waals surface area (Å²) in [7, 11) is -2.27. The number of carbonyl (C=O) groups is 2. The van der Waals surface area contributed by atoms with Crippen molar-refractivity contribution in [1.82, 2.24) is 4.72 Å². The van der Waals surface area contributed by atoms with Gasteiger partial charge in [0.15, 0.2) is 0 Å². The molecule has 32 heavy (non-hydrogen) atoms. The third-order valence-electron chi connectivity index (χ3n) is 4.62. The van der Waals surface area contributed by atoms with Crippen LogP contribution in [0.2, 0.25) is 0 Å². The van der Waals surface area contributed by atoms with E-state index in [0.29, 0.717) is 23.5 Å². The predicted molar refractivity (Wildman–Crippen MR) is 129 cm³/mol. The van der Waals surface area contributed by atoms with Crippen LogP contribution in [0.25, 0.3) is 0 Å². The number of nitrogens with zero attached hydrogens (tertiary/aromatic N) is 1. The van der Waals surface area contributed by atoms with Crippen LogP contribution in [0, 0.1) is 6.92 Å². The molecule has 0 saturated carbocycles. The molecule has 0 bridgehead atoms. The van der Waals surface area contributed by atoms with Gasteiger partial charge in [-0.2, -0.15) is 16.5 Å². The zero-order valence-corrected chi connectivity index (χ0v) is 20.3. The highest BCUT2D eigenvalue weighted by Crippen LogP contribution is 2.19. The van der Waals surface area contributed by atoms with E-state index >= 15 is 0 Å². The van der Waals surface area contributed by atoms with Crippen LogP contribution < -0.4 is 14.9 Å². The Kier molecular flexibility index (Phi) is 9.55. The van der Waals surface area contributed by atoms with Gasteiger partial charge in [0.2, 0.25) is 15.9 Å². The second-order valence-corrected chi connectivity index (χ2v) is 9.76. The van der Waals surface area contributed by atoms with Gasteiger partial charge in [-0.1, -0.05) is 17.7 Å². The summed E-state index contributed by atoms with van der Waals surface area (Å²) in [6.45, 7) is 3.87. The first kappa shape index (κ1) is 25.7. The van der Waals surface area contributed by atoms with E-state index in [9.17, 15) is 18.0 Å². The molecule has 2 N–H and O–H groups in total. The van der Waals surface area contributed by atoms with Gasteiger partial charge in [0.05, 0.1) is 11.5 Å². The van der Waals surface area contributed by atoms with Crippen molar-refractivity contribution in [2.24, 2.45) is 0 Å². The summed E-state index contributed by atoms with van der Waals surface area (Å²) in [5.74, 6) is 0.152. The van der Waals surface area contributed by atoms with Gasteiger partial charge in [0.1, 0.15) is 6.04 Å². The molecule has 174 valence electrons. The summed E-state index contributed by atoms with van der Waals surface area (Å²) in [4.78, 5) is 26.2. The minimum atomic E-state index is -3.86. The van der Waals surface area contributed by atoms with Crippen LogP contribution in [0.15, 0.2) is 53.4 Å². The Morgan fingerprint density at radius 1 is 1.09 bits per heavy atom. The topological polar surface area (TPSA) is 105 Å². The van der Waals surface area contributed by atoms with E-state index in [1.54, 1.807) is 50.4 Å². The maximum absolute atomic E-state index is 12.9. The highest BCUT2D eigenvalue weighted by atomic mass is 32.2. The zero-order chi connectivity index (χ0) is 23.7. The fraction of sp³-hybridized carbons (Fsp3) is 0.364. The van der Waals surface area contributed by atoms with E-state index in [1.807, 2.05) is 13.2 Å². The molecule has 0 aliphatic heterocycles. The Morgan fingerprint density at radius 3 is 2.28 bits per heavy atom. The second-order valence-electron chi connectivity index (χ2n) is 7.06. The summed E-state index contributed by atoms with van der Waals surface area (Å²) in [5, 5.41) is 2.74. The molecule has 0 radical (unpaired) electrons. The SMILES string of the molecule is CCOC(=O)N(C)c1ccc(NC(=O)C(CCSC)NS(=O)(=O)c2ccc(C)cc2)cc1. The molecule has 8 nitrogen and oxygen atoms in total. The largest absolute Gasteiger partial charge is 0.449 e. The van der Waals surface area contributed by atoms with Crippen molar-refractivity contribution in [2.45, 2.75) is 31.2 Å².